The average Bonchev–Trinajstić information content (AvgIpc) is 2.85. The third kappa shape index (κ3) is 7.28. The number of nitrogens with one attached hydrogen (secondary N) is 2. The zero-order chi connectivity index (χ0) is 28.4. The summed E-state index contributed by atoms with van der Waals surface area (Å²) in [5.74, 6) is -2.45. The fourth-order valence-electron chi connectivity index (χ4n) is 4.98. The first-order valence-corrected chi connectivity index (χ1v) is 13.8. The van der Waals surface area contributed by atoms with Gasteiger partial charge in [0.2, 0.25) is 0 Å². The molecule has 0 aromatic heterocycles. The Hall–Kier alpha value is -2.71. The van der Waals surface area contributed by atoms with Gasteiger partial charge >= 0.3 is 10.4 Å². The van der Waals surface area contributed by atoms with E-state index in [2.05, 4.69) is 10.6 Å². The van der Waals surface area contributed by atoms with Crippen molar-refractivity contribution in [3.05, 3.63) is 58.1 Å². The summed E-state index contributed by atoms with van der Waals surface area (Å²) in [5.41, 5.74) is -2.07. The molecule has 0 unspecified atom stereocenters. The molecule has 212 valence electrons. The van der Waals surface area contributed by atoms with Gasteiger partial charge in [-0.05, 0) is 49.9 Å². The summed E-state index contributed by atoms with van der Waals surface area (Å²) in [6.07, 6.45) is -0.140. The summed E-state index contributed by atoms with van der Waals surface area (Å²) >= 11 is 11.3. The number of rotatable bonds is 10. The van der Waals surface area contributed by atoms with Crippen molar-refractivity contribution in [3.8, 4) is 11.5 Å². The Bertz CT molecular complexity index is 1370. The van der Waals surface area contributed by atoms with Crippen molar-refractivity contribution < 1.29 is 45.0 Å². The minimum Gasteiger partial charge on any atom is -0.484 e. The third-order valence-electron chi connectivity index (χ3n) is 6.84. The van der Waals surface area contributed by atoms with Crippen LogP contribution >= 0.6 is 23.2 Å². The maximum atomic E-state index is 13.6. The van der Waals surface area contributed by atoms with Gasteiger partial charge < -0.3 is 20.1 Å². The number of carbonyl (C=O) groups excluding carboxylic acids is 2. The molecule has 0 spiro atoms. The highest BCUT2D eigenvalue weighted by Gasteiger charge is 2.57. The zero-order valence-electron chi connectivity index (χ0n) is 20.2. The normalized spacial score (nSPS) is 24.2. The van der Waals surface area contributed by atoms with Crippen molar-refractivity contribution in [1.29, 1.82) is 0 Å². The van der Waals surface area contributed by atoms with Crippen molar-refractivity contribution in [2.45, 2.75) is 49.3 Å². The first-order valence-electron chi connectivity index (χ1n) is 11.7. The number of hydrogen-bond donors (Lipinski definition) is 3. The van der Waals surface area contributed by atoms with Crippen LogP contribution in [0.4, 0.5) is 8.78 Å². The lowest BCUT2D eigenvalue weighted by molar-refractivity contribution is -0.135. The SMILES string of the molecule is O=C(COc1ccc(Cl)c(F)c1)NC12CCC(NC(=O)COc3ccc(Cl)c(F)c3)(CC1)[C@H](OS(=O)(=O)O)C2. The zero-order valence-corrected chi connectivity index (χ0v) is 22.5. The molecular formula is C24H24Cl2F2N2O8S. The van der Waals surface area contributed by atoms with Gasteiger partial charge in [0.15, 0.2) is 13.2 Å². The topological polar surface area (TPSA) is 140 Å². The van der Waals surface area contributed by atoms with Gasteiger partial charge in [0.1, 0.15) is 29.2 Å². The van der Waals surface area contributed by atoms with Gasteiger partial charge in [0.25, 0.3) is 11.8 Å². The van der Waals surface area contributed by atoms with Crippen LogP contribution < -0.4 is 20.1 Å². The number of halogens is 4. The first-order chi connectivity index (χ1) is 18.3. The molecule has 1 atom stereocenters. The molecule has 3 aliphatic carbocycles. The second kappa shape index (κ2) is 11.4. The van der Waals surface area contributed by atoms with Crippen LogP contribution in [0.15, 0.2) is 36.4 Å². The minimum atomic E-state index is -4.91. The summed E-state index contributed by atoms with van der Waals surface area (Å²) in [6, 6.07) is 7.40. The predicted molar refractivity (Wildman–Crippen MR) is 135 cm³/mol. The van der Waals surface area contributed by atoms with Crippen LogP contribution in [-0.4, -0.2) is 55.2 Å². The number of hydrogen-bond acceptors (Lipinski definition) is 7. The standard InChI is InChI=1S/C24H24Cl2F2N2O8S/c25-16-3-1-14(9-18(16)27)36-12-21(31)29-23-5-7-24(8-6-23,20(11-23)38-39(33,34)35)30-22(32)13-37-15-2-4-17(26)19(28)10-15/h1-4,9-10,20H,5-8,11-13H2,(H,29,31)(H,30,32)(H,33,34,35)/t20-,23?,24?/m1/s1. The van der Waals surface area contributed by atoms with Crippen molar-refractivity contribution in [2.75, 3.05) is 13.2 Å². The molecule has 10 nitrogen and oxygen atoms in total. The fraction of sp³-hybridized carbons (Fsp3) is 0.417. The molecule has 39 heavy (non-hydrogen) atoms. The molecule has 3 fully saturated rings. The molecule has 15 heteroatoms. The molecule has 0 heterocycles. The summed E-state index contributed by atoms with van der Waals surface area (Å²) in [6.45, 7) is -0.955. The summed E-state index contributed by atoms with van der Waals surface area (Å²) in [4.78, 5) is 25.4. The number of carbonyl (C=O) groups is 2. The Morgan fingerprint density at radius 1 is 0.897 bits per heavy atom. The highest BCUT2D eigenvalue weighted by Crippen LogP contribution is 2.48. The molecule has 2 amide bonds. The number of amides is 2. The van der Waals surface area contributed by atoms with Crippen molar-refractivity contribution in [2.24, 2.45) is 0 Å². The van der Waals surface area contributed by atoms with E-state index in [1.807, 2.05) is 0 Å². The Balaban J connectivity index is 1.39. The second-order valence-electron chi connectivity index (χ2n) is 9.48. The van der Waals surface area contributed by atoms with Gasteiger partial charge in [-0.3, -0.25) is 14.1 Å². The average molecular weight is 609 g/mol. The van der Waals surface area contributed by atoms with Crippen LogP contribution in [0.25, 0.3) is 0 Å². The predicted octanol–water partition coefficient (Wildman–Crippen LogP) is 3.61. The van der Waals surface area contributed by atoms with Crippen LogP contribution in [0.1, 0.15) is 32.1 Å². The lowest BCUT2D eigenvalue weighted by Gasteiger charge is -2.56. The number of ether oxygens (including phenoxy) is 2. The molecule has 3 saturated carbocycles. The molecule has 0 saturated heterocycles. The van der Waals surface area contributed by atoms with Crippen LogP contribution in [0.5, 0.6) is 11.5 Å². The van der Waals surface area contributed by atoms with Gasteiger partial charge in [0.05, 0.1) is 15.6 Å². The van der Waals surface area contributed by atoms with Crippen molar-refractivity contribution >= 4 is 45.4 Å². The third-order valence-corrected chi connectivity index (χ3v) is 7.93. The Labute approximate surface area is 232 Å². The van der Waals surface area contributed by atoms with Gasteiger partial charge in [-0.25, -0.2) is 13.0 Å². The second-order valence-corrected chi connectivity index (χ2v) is 11.3. The summed E-state index contributed by atoms with van der Waals surface area (Å²) in [5, 5.41) is 5.38. The van der Waals surface area contributed by atoms with E-state index in [9.17, 15) is 31.3 Å². The van der Waals surface area contributed by atoms with E-state index in [1.165, 1.54) is 24.3 Å². The van der Waals surface area contributed by atoms with E-state index in [4.69, 9.17) is 36.9 Å². The van der Waals surface area contributed by atoms with E-state index < -0.39 is 64.2 Å². The monoisotopic (exact) mass is 608 g/mol. The number of benzene rings is 2. The first kappa shape index (κ1) is 29.3. The fourth-order valence-corrected chi connectivity index (χ4v) is 5.76. The minimum absolute atomic E-state index is 0.0440. The highest BCUT2D eigenvalue weighted by molar-refractivity contribution is 7.80. The van der Waals surface area contributed by atoms with Gasteiger partial charge in [0, 0.05) is 24.1 Å². The Morgan fingerprint density at radius 2 is 1.38 bits per heavy atom. The molecule has 2 bridgehead atoms. The molecule has 0 radical (unpaired) electrons. The van der Waals surface area contributed by atoms with Gasteiger partial charge in [-0.2, -0.15) is 8.42 Å². The quantitative estimate of drug-likeness (QED) is 0.348. The molecule has 2 aromatic carbocycles. The summed E-state index contributed by atoms with van der Waals surface area (Å²) in [7, 11) is -4.91. The van der Waals surface area contributed by atoms with E-state index >= 15 is 0 Å². The smallest absolute Gasteiger partial charge is 0.397 e. The lowest BCUT2D eigenvalue weighted by atomic mass is 9.60. The maximum Gasteiger partial charge on any atom is 0.397 e. The molecule has 3 aliphatic rings. The highest BCUT2D eigenvalue weighted by atomic mass is 35.5. The van der Waals surface area contributed by atoms with Crippen LogP contribution in [-0.2, 0) is 24.2 Å². The van der Waals surface area contributed by atoms with E-state index in [1.54, 1.807) is 0 Å². The number of fused-ring (bicyclic) bond motifs is 3. The van der Waals surface area contributed by atoms with Crippen molar-refractivity contribution in [3.63, 3.8) is 0 Å². The Morgan fingerprint density at radius 3 is 1.85 bits per heavy atom. The lowest BCUT2D eigenvalue weighted by Crippen LogP contribution is -2.71. The van der Waals surface area contributed by atoms with E-state index in [0.29, 0.717) is 12.8 Å². The molecule has 3 N–H and O–H groups in total. The molecule has 5 rings (SSSR count). The summed E-state index contributed by atoms with van der Waals surface area (Å²) < 4.78 is 75.4. The van der Waals surface area contributed by atoms with E-state index in [0.717, 1.165) is 12.1 Å². The van der Waals surface area contributed by atoms with E-state index in [-0.39, 0.29) is 40.8 Å². The van der Waals surface area contributed by atoms with Gasteiger partial charge in [-0.1, -0.05) is 23.2 Å². The Kier molecular flexibility index (Phi) is 8.57. The van der Waals surface area contributed by atoms with Crippen LogP contribution in [0.2, 0.25) is 10.0 Å². The van der Waals surface area contributed by atoms with Crippen molar-refractivity contribution in [1.82, 2.24) is 10.6 Å². The van der Waals surface area contributed by atoms with Crippen LogP contribution in [0.3, 0.4) is 0 Å². The van der Waals surface area contributed by atoms with Crippen LogP contribution in [0, 0.1) is 11.6 Å². The van der Waals surface area contributed by atoms with Gasteiger partial charge in [-0.15, -0.1) is 0 Å². The largest absolute Gasteiger partial charge is 0.484 e. The maximum absolute atomic E-state index is 13.6. The molecular weight excluding hydrogens is 585 g/mol. The molecule has 0 aliphatic heterocycles. The molecule has 2 aromatic rings.